The maximum atomic E-state index is 11.8. The van der Waals surface area contributed by atoms with Crippen molar-refractivity contribution in [3.63, 3.8) is 0 Å². The fourth-order valence-corrected chi connectivity index (χ4v) is 2.14. The number of rotatable bonds is 5. The number of carbonyl (C=O) groups excluding carboxylic acids is 2. The van der Waals surface area contributed by atoms with Gasteiger partial charge < -0.3 is 10.1 Å². The highest BCUT2D eigenvalue weighted by molar-refractivity contribution is 6.32. The van der Waals surface area contributed by atoms with E-state index in [1.807, 2.05) is 13.0 Å². The Morgan fingerprint density at radius 3 is 2.59 bits per heavy atom. The summed E-state index contributed by atoms with van der Waals surface area (Å²) in [6.07, 6.45) is 0.684. The summed E-state index contributed by atoms with van der Waals surface area (Å²) >= 11 is 11.9. The molecule has 2 aromatic rings. The summed E-state index contributed by atoms with van der Waals surface area (Å²) in [6.45, 7) is 1.67. The highest BCUT2D eigenvalue weighted by Crippen LogP contribution is 2.25. The van der Waals surface area contributed by atoms with Gasteiger partial charge in [-0.15, -0.1) is 0 Å². The largest absolute Gasteiger partial charge is 0.482 e. The smallest absolute Gasteiger partial charge is 0.262 e. The number of hydrogen-bond acceptors (Lipinski definition) is 3. The van der Waals surface area contributed by atoms with E-state index in [1.165, 1.54) is 6.07 Å². The van der Waals surface area contributed by atoms with Crippen LogP contribution in [0.5, 0.6) is 5.75 Å². The van der Waals surface area contributed by atoms with Crippen molar-refractivity contribution >= 4 is 41.1 Å². The number of halogens is 2. The van der Waals surface area contributed by atoms with Crippen LogP contribution < -0.4 is 10.1 Å². The summed E-state index contributed by atoms with van der Waals surface area (Å²) in [4.78, 5) is 22.5. The van der Waals surface area contributed by atoms with Crippen molar-refractivity contribution in [2.45, 2.75) is 6.92 Å². The first-order valence-electron chi connectivity index (χ1n) is 6.43. The van der Waals surface area contributed by atoms with Gasteiger partial charge in [0.05, 0.1) is 5.02 Å². The molecule has 0 atom stereocenters. The normalized spacial score (nSPS) is 10.1. The molecule has 0 fully saturated rings. The molecule has 0 saturated carbocycles. The van der Waals surface area contributed by atoms with Crippen LogP contribution in [0.4, 0.5) is 5.69 Å². The van der Waals surface area contributed by atoms with Crippen molar-refractivity contribution in [3.05, 3.63) is 57.6 Å². The van der Waals surface area contributed by atoms with Crippen molar-refractivity contribution < 1.29 is 14.3 Å². The lowest BCUT2D eigenvalue weighted by molar-refractivity contribution is -0.118. The lowest BCUT2D eigenvalue weighted by atomic mass is 10.2. The molecule has 0 radical (unpaired) electrons. The molecule has 0 unspecified atom stereocenters. The highest BCUT2D eigenvalue weighted by Gasteiger charge is 2.08. The molecule has 2 rings (SSSR count). The van der Waals surface area contributed by atoms with Gasteiger partial charge in [-0.25, -0.2) is 0 Å². The minimum atomic E-state index is -0.338. The second-order valence-corrected chi connectivity index (χ2v) is 5.42. The van der Waals surface area contributed by atoms with E-state index in [0.717, 1.165) is 5.56 Å². The van der Waals surface area contributed by atoms with Crippen molar-refractivity contribution in [1.82, 2.24) is 0 Å². The van der Waals surface area contributed by atoms with E-state index in [4.69, 9.17) is 27.9 Å². The number of aldehydes is 1. The Balaban J connectivity index is 1.95. The van der Waals surface area contributed by atoms with Crippen LogP contribution in [0.3, 0.4) is 0 Å². The molecule has 0 aliphatic rings. The van der Waals surface area contributed by atoms with Gasteiger partial charge in [-0.3, -0.25) is 9.59 Å². The first-order chi connectivity index (χ1) is 10.5. The first kappa shape index (κ1) is 16.3. The molecule has 6 heteroatoms. The third-order valence-electron chi connectivity index (χ3n) is 2.91. The second-order valence-electron chi connectivity index (χ2n) is 4.61. The molecule has 0 aromatic heterocycles. The Morgan fingerprint density at radius 2 is 1.95 bits per heavy atom. The molecule has 1 amide bonds. The molecular weight excluding hydrogens is 325 g/mol. The molecule has 2 aromatic carbocycles. The van der Waals surface area contributed by atoms with Crippen LogP contribution >= 0.6 is 23.2 Å². The Morgan fingerprint density at radius 1 is 1.18 bits per heavy atom. The molecule has 0 aliphatic carbocycles. The van der Waals surface area contributed by atoms with Crippen LogP contribution in [0.15, 0.2) is 36.4 Å². The average Bonchev–Trinajstić information content (AvgIpc) is 2.49. The number of aryl methyl sites for hydroxylation is 1. The average molecular weight is 338 g/mol. The lowest BCUT2D eigenvalue weighted by Crippen LogP contribution is -2.20. The lowest BCUT2D eigenvalue weighted by Gasteiger charge is -2.09. The fourth-order valence-electron chi connectivity index (χ4n) is 1.72. The number of ether oxygens (including phenoxy) is 1. The number of hydrogen-bond donors (Lipinski definition) is 1. The van der Waals surface area contributed by atoms with Gasteiger partial charge in [0.1, 0.15) is 12.0 Å². The Hall–Kier alpha value is -2.04. The number of nitrogens with one attached hydrogen (secondary N) is 1. The van der Waals surface area contributed by atoms with Gasteiger partial charge in [-0.1, -0.05) is 29.3 Å². The number of anilines is 1. The Kier molecular flexibility index (Phi) is 5.41. The summed E-state index contributed by atoms with van der Waals surface area (Å²) in [5, 5.41) is 3.52. The zero-order chi connectivity index (χ0) is 16.1. The van der Waals surface area contributed by atoms with E-state index >= 15 is 0 Å². The van der Waals surface area contributed by atoms with E-state index in [-0.39, 0.29) is 17.5 Å². The zero-order valence-corrected chi connectivity index (χ0v) is 13.2. The van der Waals surface area contributed by atoms with Crippen molar-refractivity contribution in [1.29, 1.82) is 0 Å². The van der Waals surface area contributed by atoms with Gasteiger partial charge in [0.15, 0.2) is 6.61 Å². The molecule has 114 valence electrons. The van der Waals surface area contributed by atoms with Crippen LogP contribution in [0, 0.1) is 6.92 Å². The Labute approximate surface area is 138 Å². The number of carbonyl (C=O) groups is 2. The Bertz CT molecular complexity index is 717. The van der Waals surface area contributed by atoms with E-state index in [9.17, 15) is 9.59 Å². The van der Waals surface area contributed by atoms with Gasteiger partial charge in [0.25, 0.3) is 5.91 Å². The summed E-state index contributed by atoms with van der Waals surface area (Å²) in [7, 11) is 0. The molecule has 0 saturated heterocycles. The van der Waals surface area contributed by atoms with Crippen molar-refractivity contribution in [2.75, 3.05) is 11.9 Å². The molecule has 0 heterocycles. The first-order valence-corrected chi connectivity index (χ1v) is 7.18. The van der Waals surface area contributed by atoms with Crippen LogP contribution in [0.2, 0.25) is 10.0 Å². The van der Waals surface area contributed by atoms with E-state index in [2.05, 4.69) is 5.32 Å². The summed E-state index contributed by atoms with van der Waals surface area (Å²) < 4.78 is 5.33. The summed E-state index contributed by atoms with van der Waals surface area (Å²) in [5.74, 6) is -0.000180. The van der Waals surface area contributed by atoms with Crippen LogP contribution in [-0.4, -0.2) is 18.8 Å². The molecule has 1 N–H and O–H groups in total. The molecule has 0 bridgehead atoms. The third-order valence-corrected chi connectivity index (χ3v) is 3.61. The van der Waals surface area contributed by atoms with Crippen LogP contribution in [0.25, 0.3) is 0 Å². The van der Waals surface area contributed by atoms with Crippen molar-refractivity contribution in [2.24, 2.45) is 0 Å². The topological polar surface area (TPSA) is 55.4 Å². The van der Waals surface area contributed by atoms with Gasteiger partial charge in [-0.2, -0.15) is 0 Å². The maximum Gasteiger partial charge on any atom is 0.262 e. The molecule has 22 heavy (non-hydrogen) atoms. The standard InChI is InChI=1S/C16H13Cl2NO3/c1-10-2-4-12(7-13(10)17)19-16(21)9-22-15-5-3-11(8-20)6-14(15)18/h2-8H,9H2,1H3,(H,19,21). The predicted molar refractivity (Wildman–Crippen MR) is 87.2 cm³/mol. The third kappa shape index (κ3) is 4.23. The zero-order valence-electron chi connectivity index (χ0n) is 11.7. The van der Waals surface area contributed by atoms with Gasteiger partial charge in [0, 0.05) is 16.3 Å². The van der Waals surface area contributed by atoms with E-state index < -0.39 is 0 Å². The molecular formula is C16H13Cl2NO3. The SMILES string of the molecule is Cc1ccc(NC(=O)COc2ccc(C=O)cc2Cl)cc1Cl. The fraction of sp³-hybridized carbons (Fsp3) is 0.125. The summed E-state index contributed by atoms with van der Waals surface area (Å²) in [6, 6.07) is 9.81. The summed E-state index contributed by atoms with van der Waals surface area (Å²) in [5.41, 5.74) is 1.96. The molecule has 0 aliphatic heterocycles. The molecule has 4 nitrogen and oxygen atoms in total. The van der Waals surface area contributed by atoms with E-state index in [1.54, 1.807) is 24.3 Å². The predicted octanol–water partition coefficient (Wildman–Crippen LogP) is 4.13. The van der Waals surface area contributed by atoms with Gasteiger partial charge >= 0.3 is 0 Å². The van der Waals surface area contributed by atoms with E-state index in [0.29, 0.717) is 28.3 Å². The van der Waals surface area contributed by atoms with Gasteiger partial charge in [-0.05, 0) is 42.8 Å². The van der Waals surface area contributed by atoms with Crippen molar-refractivity contribution in [3.8, 4) is 5.75 Å². The second kappa shape index (κ2) is 7.29. The quantitative estimate of drug-likeness (QED) is 0.834. The minimum Gasteiger partial charge on any atom is -0.482 e. The highest BCUT2D eigenvalue weighted by atomic mass is 35.5. The number of benzene rings is 2. The van der Waals surface area contributed by atoms with Crippen LogP contribution in [-0.2, 0) is 4.79 Å². The number of amides is 1. The van der Waals surface area contributed by atoms with Gasteiger partial charge in [0.2, 0.25) is 0 Å². The monoisotopic (exact) mass is 337 g/mol. The maximum absolute atomic E-state index is 11.8. The minimum absolute atomic E-state index is 0.203. The van der Waals surface area contributed by atoms with Crippen LogP contribution in [0.1, 0.15) is 15.9 Å². The molecule has 0 spiro atoms.